The Kier molecular flexibility index (Phi) is 30.8. The maximum absolute atomic E-state index is 13.2. The largest absolute Gasteiger partial charge is 0.462 e. The molecule has 57 heavy (non-hydrogen) atoms. The fraction of sp³-hybridized carbons (Fsp3) is 0.939. The molecule has 0 aliphatic carbocycles. The van der Waals surface area contributed by atoms with Gasteiger partial charge in [0, 0.05) is 12.8 Å². The molecular formula is C49H91NO7. The summed E-state index contributed by atoms with van der Waals surface area (Å²) in [6.45, 7) is 8.32. The van der Waals surface area contributed by atoms with E-state index in [0.29, 0.717) is 12.8 Å². The highest BCUT2D eigenvalue weighted by molar-refractivity contribution is 5.76. The molecule has 0 unspecified atom stereocenters. The van der Waals surface area contributed by atoms with Crippen LogP contribution in [-0.4, -0.2) is 74.5 Å². The molecule has 2 heterocycles. The second-order valence-corrected chi connectivity index (χ2v) is 18.2. The van der Waals surface area contributed by atoms with E-state index in [9.17, 15) is 14.4 Å². The van der Waals surface area contributed by atoms with E-state index in [0.717, 1.165) is 64.5 Å². The molecule has 0 aromatic heterocycles. The lowest BCUT2D eigenvalue weighted by Crippen LogP contribution is -2.44. The maximum Gasteiger partial charge on any atom is 0.311 e. The van der Waals surface area contributed by atoms with E-state index >= 15 is 0 Å². The molecule has 0 bridgehead atoms. The number of carbonyl (C=O) groups excluding carboxylic acids is 3. The lowest BCUT2D eigenvalue weighted by atomic mass is 9.80. The van der Waals surface area contributed by atoms with E-state index < -0.39 is 23.7 Å². The summed E-state index contributed by atoms with van der Waals surface area (Å²) in [4.78, 5) is 41.4. The van der Waals surface area contributed by atoms with E-state index in [1.165, 1.54) is 154 Å². The van der Waals surface area contributed by atoms with Crippen LogP contribution in [0.25, 0.3) is 0 Å². The SMILES string of the molecule is CCCCCCCCCCCCCCCCCC(=O)O[C@@H]1[C@@H](OC(=O)CCCCCCCCCCCCCCCCC)CO[C@@H]1COC(=O)C1(C)CCN(C)CC1. The highest BCUT2D eigenvalue weighted by Crippen LogP contribution is 2.32. The van der Waals surface area contributed by atoms with Crippen molar-refractivity contribution in [2.75, 3.05) is 33.4 Å². The average Bonchev–Trinajstić information content (AvgIpc) is 3.57. The predicted octanol–water partition coefficient (Wildman–Crippen LogP) is 13.0. The molecule has 0 N–H and O–H groups in total. The molecule has 2 rings (SSSR count). The fourth-order valence-corrected chi connectivity index (χ4v) is 8.41. The molecule has 0 spiro atoms. The number of rotatable bonds is 37. The monoisotopic (exact) mass is 806 g/mol. The lowest BCUT2D eigenvalue weighted by molar-refractivity contribution is -0.171. The Bertz CT molecular complexity index is 996. The van der Waals surface area contributed by atoms with Gasteiger partial charge in [-0.3, -0.25) is 14.4 Å². The third-order valence-electron chi connectivity index (χ3n) is 12.7. The second-order valence-electron chi connectivity index (χ2n) is 18.2. The molecule has 8 heteroatoms. The highest BCUT2D eigenvalue weighted by atomic mass is 16.6. The van der Waals surface area contributed by atoms with Crippen LogP contribution < -0.4 is 0 Å². The minimum Gasteiger partial charge on any atom is -0.462 e. The van der Waals surface area contributed by atoms with E-state index in [1.54, 1.807) is 0 Å². The van der Waals surface area contributed by atoms with Gasteiger partial charge in [-0.1, -0.05) is 194 Å². The zero-order valence-corrected chi connectivity index (χ0v) is 37.9. The smallest absolute Gasteiger partial charge is 0.311 e. The minimum atomic E-state index is -0.781. The summed E-state index contributed by atoms with van der Waals surface area (Å²) in [5.74, 6) is -0.823. The van der Waals surface area contributed by atoms with Gasteiger partial charge in [-0.2, -0.15) is 0 Å². The van der Waals surface area contributed by atoms with E-state index in [2.05, 4.69) is 25.8 Å². The van der Waals surface area contributed by atoms with Crippen molar-refractivity contribution in [3.05, 3.63) is 0 Å². The molecule has 0 amide bonds. The Morgan fingerprint density at radius 2 is 0.895 bits per heavy atom. The molecule has 8 nitrogen and oxygen atoms in total. The number of esters is 3. The van der Waals surface area contributed by atoms with Crippen molar-refractivity contribution in [2.45, 2.75) is 257 Å². The van der Waals surface area contributed by atoms with Crippen molar-refractivity contribution in [2.24, 2.45) is 5.41 Å². The summed E-state index contributed by atoms with van der Waals surface area (Å²) in [5.41, 5.74) is -0.538. The zero-order chi connectivity index (χ0) is 41.2. The summed E-state index contributed by atoms with van der Waals surface area (Å²) < 4.78 is 23.6. The number of unbranched alkanes of at least 4 members (excludes halogenated alkanes) is 28. The summed E-state index contributed by atoms with van der Waals surface area (Å²) in [7, 11) is 2.07. The van der Waals surface area contributed by atoms with E-state index in [4.69, 9.17) is 18.9 Å². The molecule has 2 saturated heterocycles. The van der Waals surface area contributed by atoms with E-state index in [-0.39, 0.29) is 31.1 Å². The Balaban J connectivity index is 1.66. The third kappa shape index (κ3) is 25.5. The van der Waals surface area contributed by atoms with Gasteiger partial charge in [-0.05, 0) is 52.7 Å². The summed E-state index contributed by atoms with van der Waals surface area (Å²) in [5, 5.41) is 0. The van der Waals surface area contributed by atoms with Crippen molar-refractivity contribution in [1.29, 1.82) is 0 Å². The number of hydrogen-bond acceptors (Lipinski definition) is 8. The Morgan fingerprint density at radius 1 is 0.544 bits per heavy atom. The molecule has 0 radical (unpaired) electrons. The summed E-state index contributed by atoms with van der Waals surface area (Å²) in [6, 6.07) is 0. The molecule has 334 valence electrons. The first-order chi connectivity index (χ1) is 27.8. The fourth-order valence-electron chi connectivity index (χ4n) is 8.41. The van der Waals surface area contributed by atoms with Crippen LogP contribution in [0.2, 0.25) is 0 Å². The van der Waals surface area contributed by atoms with Crippen LogP contribution in [0.4, 0.5) is 0 Å². The topological polar surface area (TPSA) is 91.4 Å². The lowest BCUT2D eigenvalue weighted by Gasteiger charge is -2.36. The normalized spacial score (nSPS) is 19.5. The molecule has 0 aromatic rings. The van der Waals surface area contributed by atoms with Crippen molar-refractivity contribution in [3.8, 4) is 0 Å². The van der Waals surface area contributed by atoms with Gasteiger partial charge in [-0.25, -0.2) is 0 Å². The van der Waals surface area contributed by atoms with Crippen LogP contribution in [0.15, 0.2) is 0 Å². The Labute approximate surface area is 351 Å². The molecule has 2 fully saturated rings. The minimum absolute atomic E-state index is 0.0196. The van der Waals surface area contributed by atoms with Crippen LogP contribution in [0.1, 0.15) is 239 Å². The van der Waals surface area contributed by atoms with Gasteiger partial charge in [0.15, 0.2) is 12.2 Å². The number of ether oxygens (including phenoxy) is 4. The van der Waals surface area contributed by atoms with Gasteiger partial charge in [0.05, 0.1) is 12.0 Å². The average molecular weight is 806 g/mol. The van der Waals surface area contributed by atoms with Crippen LogP contribution in [0, 0.1) is 5.41 Å². The van der Waals surface area contributed by atoms with Crippen molar-refractivity contribution >= 4 is 17.9 Å². The Hall–Kier alpha value is -1.67. The molecule has 0 saturated carbocycles. The summed E-state index contributed by atoms with van der Waals surface area (Å²) in [6.07, 6.45) is 38.2. The van der Waals surface area contributed by atoms with E-state index in [1.807, 2.05) is 6.92 Å². The van der Waals surface area contributed by atoms with Gasteiger partial charge >= 0.3 is 17.9 Å². The van der Waals surface area contributed by atoms with Gasteiger partial charge in [0.1, 0.15) is 12.7 Å². The number of nitrogens with zero attached hydrogens (tertiary/aromatic N) is 1. The first-order valence-electron chi connectivity index (χ1n) is 24.7. The molecule has 2 aliphatic rings. The first kappa shape index (κ1) is 51.5. The van der Waals surface area contributed by atoms with Gasteiger partial charge < -0.3 is 23.8 Å². The second kappa shape index (κ2) is 34.1. The molecule has 2 aliphatic heterocycles. The molecule has 0 aromatic carbocycles. The maximum atomic E-state index is 13.2. The number of likely N-dealkylation sites (tertiary alicyclic amines) is 1. The van der Waals surface area contributed by atoms with Crippen molar-refractivity contribution in [3.63, 3.8) is 0 Å². The molecule has 3 atom stereocenters. The quantitative estimate of drug-likeness (QED) is 0.0348. The molecular weight excluding hydrogens is 715 g/mol. The Morgan fingerprint density at radius 3 is 1.28 bits per heavy atom. The number of carbonyl (C=O) groups is 3. The highest BCUT2D eigenvalue weighted by Gasteiger charge is 2.45. The van der Waals surface area contributed by atoms with Gasteiger partial charge in [0.25, 0.3) is 0 Å². The van der Waals surface area contributed by atoms with Crippen LogP contribution in [-0.2, 0) is 33.3 Å². The third-order valence-corrected chi connectivity index (χ3v) is 12.7. The standard InChI is InChI=1S/C49H91NO7/c1-5-7-9-11-13-15-17-19-21-23-25-27-29-31-33-35-45(51)56-44-42-54-43(41-55-48(53)49(3)37-39-50(4)40-38-49)47(44)57-46(52)36-34-32-30-28-26-24-22-20-18-16-14-12-10-8-6-2/h43-44,47H,5-42H2,1-4H3/t43-,44+,47+/m1/s1. The first-order valence-corrected chi connectivity index (χ1v) is 24.7. The van der Waals surface area contributed by atoms with Gasteiger partial charge in [0.2, 0.25) is 0 Å². The number of piperidine rings is 1. The van der Waals surface area contributed by atoms with Crippen LogP contribution in [0.5, 0.6) is 0 Å². The zero-order valence-electron chi connectivity index (χ0n) is 37.9. The van der Waals surface area contributed by atoms with Crippen LogP contribution in [0.3, 0.4) is 0 Å². The van der Waals surface area contributed by atoms with Gasteiger partial charge in [-0.15, -0.1) is 0 Å². The summed E-state index contributed by atoms with van der Waals surface area (Å²) >= 11 is 0. The number of hydrogen-bond donors (Lipinski definition) is 0. The van der Waals surface area contributed by atoms with Crippen molar-refractivity contribution in [1.82, 2.24) is 4.90 Å². The van der Waals surface area contributed by atoms with Crippen molar-refractivity contribution < 1.29 is 33.3 Å². The van der Waals surface area contributed by atoms with Crippen LogP contribution >= 0.6 is 0 Å². The predicted molar refractivity (Wildman–Crippen MR) is 234 cm³/mol.